The average molecular weight is 507 g/mol. The Bertz CT molecular complexity index is 1110. The first-order chi connectivity index (χ1) is 15.2. The first-order valence-corrected chi connectivity index (χ1v) is 11.6. The molecule has 0 saturated carbocycles. The lowest BCUT2D eigenvalue weighted by Gasteiger charge is -2.33. The molecular weight excluding hydrogens is 479 g/mol. The molecule has 0 spiro atoms. The van der Waals surface area contributed by atoms with Crippen LogP contribution in [0.5, 0.6) is 0 Å². The molecule has 5 rings (SSSR count). The summed E-state index contributed by atoms with van der Waals surface area (Å²) in [6, 6.07) is 16.5. The summed E-state index contributed by atoms with van der Waals surface area (Å²) in [5.74, 6) is 0.443. The van der Waals surface area contributed by atoms with Crippen molar-refractivity contribution in [3.8, 4) is 0 Å². The Hall–Kier alpha value is -2.03. The van der Waals surface area contributed by atoms with E-state index in [2.05, 4.69) is 45.5 Å². The van der Waals surface area contributed by atoms with Crippen molar-refractivity contribution in [3.63, 3.8) is 0 Å². The summed E-state index contributed by atoms with van der Waals surface area (Å²) >= 11 is 1.43. The van der Waals surface area contributed by atoms with Crippen molar-refractivity contribution in [1.82, 2.24) is 19.6 Å². The van der Waals surface area contributed by atoms with Crippen LogP contribution in [0.1, 0.15) is 30.0 Å². The van der Waals surface area contributed by atoms with Crippen LogP contribution in [0, 0.1) is 0 Å². The van der Waals surface area contributed by atoms with Gasteiger partial charge in [0.25, 0.3) is 5.91 Å². The number of imidazole rings is 1. The SMILES string of the molecule is Cl.Cl.O=C(NCC(O)CN1CCC(c2ccccc2)CC1)C1=Cc2cnc3cccc(n23)S1. The lowest BCUT2D eigenvalue weighted by Crippen LogP contribution is -2.43. The maximum atomic E-state index is 12.7. The van der Waals surface area contributed by atoms with Crippen LogP contribution >= 0.6 is 36.6 Å². The number of rotatable bonds is 6. The number of thioether (sulfide) groups is 1. The number of aromatic nitrogens is 2. The molecule has 2 aliphatic rings. The number of benzene rings is 1. The van der Waals surface area contributed by atoms with Gasteiger partial charge in [-0.3, -0.25) is 9.20 Å². The summed E-state index contributed by atoms with van der Waals surface area (Å²) in [5.41, 5.74) is 3.18. The number of hydrogen-bond donors (Lipinski definition) is 2. The minimum atomic E-state index is -0.583. The van der Waals surface area contributed by atoms with E-state index in [0.717, 1.165) is 42.3 Å². The van der Waals surface area contributed by atoms with Crippen molar-refractivity contribution in [2.45, 2.75) is 29.9 Å². The molecule has 1 saturated heterocycles. The molecule has 1 atom stereocenters. The van der Waals surface area contributed by atoms with Crippen LogP contribution in [-0.2, 0) is 4.79 Å². The summed E-state index contributed by atoms with van der Waals surface area (Å²) in [7, 11) is 0. The first kappa shape index (κ1) is 25.6. The van der Waals surface area contributed by atoms with E-state index in [1.54, 1.807) is 6.20 Å². The van der Waals surface area contributed by atoms with E-state index in [0.29, 0.717) is 17.4 Å². The van der Waals surface area contributed by atoms with Gasteiger partial charge < -0.3 is 15.3 Å². The molecule has 0 radical (unpaired) electrons. The number of piperidine rings is 1. The zero-order valence-corrected chi connectivity index (χ0v) is 20.5. The molecule has 1 amide bonds. The standard InChI is InChI=1S/C24H26N4O2S.2ClH/c29-20(16-27-11-9-18(10-12-27)17-5-2-1-3-6-17)15-26-24(30)21-13-19-14-25-22-7-4-8-23(31-21)28(19)22;;/h1-8,13-14,18,20,29H,9-12,15-16H2,(H,26,30);2*1H. The van der Waals surface area contributed by atoms with Crippen molar-refractivity contribution in [3.05, 3.63) is 70.9 Å². The number of pyridine rings is 1. The van der Waals surface area contributed by atoms with Gasteiger partial charge >= 0.3 is 0 Å². The maximum Gasteiger partial charge on any atom is 0.258 e. The van der Waals surface area contributed by atoms with E-state index < -0.39 is 6.10 Å². The van der Waals surface area contributed by atoms with Crippen molar-refractivity contribution in [2.24, 2.45) is 0 Å². The normalized spacial score (nSPS) is 16.9. The van der Waals surface area contributed by atoms with Gasteiger partial charge in [0.2, 0.25) is 0 Å². The number of nitrogens with zero attached hydrogens (tertiary/aromatic N) is 3. The molecule has 2 aromatic heterocycles. The third kappa shape index (κ3) is 5.73. The summed E-state index contributed by atoms with van der Waals surface area (Å²) < 4.78 is 2.04. The predicted octanol–water partition coefficient (Wildman–Crippen LogP) is 3.98. The fraction of sp³-hybridized carbons (Fsp3) is 0.333. The summed E-state index contributed by atoms with van der Waals surface area (Å²) in [6.07, 6.45) is 5.26. The lowest BCUT2D eigenvalue weighted by atomic mass is 9.89. The molecule has 3 aromatic rings. The number of halogens is 2. The van der Waals surface area contributed by atoms with Crippen LogP contribution in [0.15, 0.2) is 64.7 Å². The largest absolute Gasteiger partial charge is 0.390 e. The quantitative estimate of drug-likeness (QED) is 0.529. The lowest BCUT2D eigenvalue weighted by molar-refractivity contribution is -0.117. The number of carbonyl (C=O) groups is 1. The number of amides is 1. The molecule has 9 heteroatoms. The third-order valence-electron chi connectivity index (χ3n) is 6.06. The van der Waals surface area contributed by atoms with Gasteiger partial charge in [-0.2, -0.15) is 0 Å². The van der Waals surface area contributed by atoms with Gasteiger partial charge in [-0.15, -0.1) is 24.8 Å². The number of aliphatic hydroxyl groups is 1. The minimum Gasteiger partial charge on any atom is -0.390 e. The molecule has 1 aromatic carbocycles. The van der Waals surface area contributed by atoms with Crippen molar-refractivity contribution >= 4 is 54.2 Å². The van der Waals surface area contributed by atoms with Crippen LogP contribution in [0.3, 0.4) is 0 Å². The Balaban J connectivity index is 0.00000153. The molecule has 176 valence electrons. The van der Waals surface area contributed by atoms with Crippen LogP contribution in [0.4, 0.5) is 0 Å². The zero-order chi connectivity index (χ0) is 21.2. The Morgan fingerprint density at radius 3 is 2.64 bits per heavy atom. The molecule has 0 bridgehead atoms. The molecule has 33 heavy (non-hydrogen) atoms. The van der Waals surface area contributed by atoms with Gasteiger partial charge in [0.05, 0.1) is 27.9 Å². The van der Waals surface area contributed by atoms with E-state index in [4.69, 9.17) is 0 Å². The van der Waals surface area contributed by atoms with Gasteiger partial charge in [-0.1, -0.05) is 48.2 Å². The second-order valence-corrected chi connectivity index (χ2v) is 9.26. The second-order valence-electron chi connectivity index (χ2n) is 8.20. The summed E-state index contributed by atoms with van der Waals surface area (Å²) in [5, 5.41) is 14.4. The van der Waals surface area contributed by atoms with E-state index in [9.17, 15) is 9.90 Å². The fourth-order valence-electron chi connectivity index (χ4n) is 4.43. The van der Waals surface area contributed by atoms with E-state index >= 15 is 0 Å². The monoisotopic (exact) mass is 506 g/mol. The maximum absolute atomic E-state index is 12.7. The van der Waals surface area contributed by atoms with Gasteiger partial charge in [0.1, 0.15) is 5.65 Å². The highest BCUT2D eigenvalue weighted by Gasteiger charge is 2.23. The van der Waals surface area contributed by atoms with Gasteiger partial charge in [0.15, 0.2) is 0 Å². The van der Waals surface area contributed by atoms with Crippen molar-refractivity contribution in [2.75, 3.05) is 26.2 Å². The number of β-amino-alcohol motifs (C(OH)–C–C–N with tert-alkyl or cyclic N) is 1. The Morgan fingerprint density at radius 2 is 1.88 bits per heavy atom. The summed E-state index contributed by atoms with van der Waals surface area (Å²) in [4.78, 5) is 20.0. The van der Waals surface area contributed by atoms with E-state index in [-0.39, 0.29) is 37.3 Å². The van der Waals surface area contributed by atoms with Crippen LogP contribution in [-0.4, -0.2) is 57.6 Å². The Labute approximate surface area is 210 Å². The predicted molar refractivity (Wildman–Crippen MR) is 137 cm³/mol. The third-order valence-corrected chi connectivity index (χ3v) is 7.11. The molecule has 1 unspecified atom stereocenters. The first-order valence-electron chi connectivity index (χ1n) is 10.8. The van der Waals surface area contributed by atoms with Gasteiger partial charge in [-0.05, 0) is 55.6 Å². The number of likely N-dealkylation sites (tertiary alicyclic amines) is 1. The number of aliphatic hydroxyl groups excluding tert-OH is 1. The van der Waals surface area contributed by atoms with Gasteiger partial charge in [0, 0.05) is 13.1 Å². The highest BCUT2D eigenvalue weighted by molar-refractivity contribution is 8.04. The van der Waals surface area contributed by atoms with Gasteiger partial charge in [-0.25, -0.2) is 4.98 Å². The Morgan fingerprint density at radius 1 is 1.12 bits per heavy atom. The highest BCUT2D eigenvalue weighted by Crippen LogP contribution is 2.34. The average Bonchev–Trinajstić information content (AvgIpc) is 3.23. The van der Waals surface area contributed by atoms with Crippen molar-refractivity contribution < 1.29 is 9.90 Å². The molecule has 1 fully saturated rings. The topological polar surface area (TPSA) is 69.9 Å². The molecule has 2 aliphatic heterocycles. The molecular formula is C24H28Cl2N4O2S. The highest BCUT2D eigenvalue weighted by atomic mass is 35.5. The zero-order valence-electron chi connectivity index (χ0n) is 18.1. The van der Waals surface area contributed by atoms with Crippen LogP contribution in [0.25, 0.3) is 11.7 Å². The summed E-state index contributed by atoms with van der Waals surface area (Å²) in [6.45, 7) is 2.78. The molecule has 2 N–H and O–H groups in total. The second kappa shape index (κ2) is 11.4. The van der Waals surface area contributed by atoms with E-state index in [1.807, 2.05) is 28.7 Å². The van der Waals surface area contributed by atoms with Crippen molar-refractivity contribution in [1.29, 1.82) is 0 Å². The number of nitrogens with one attached hydrogen (secondary N) is 1. The fourth-order valence-corrected chi connectivity index (χ4v) is 5.44. The molecule has 0 aliphatic carbocycles. The molecule has 4 heterocycles. The smallest absolute Gasteiger partial charge is 0.258 e. The number of hydrogen-bond acceptors (Lipinski definition) is 5. The Kier molecular flexibility index (Phi) is 8.84. The number of carbonyl (C=O) groups excluding carboxylic acids is 1. The van der Waals surface area contributed by atoms with E-state index in [1.165, 1.54) is 17.3 Å². The van der Waals surface area contributed by atoms with Crippen LogP contribution in [0.2, 0.25) is 0 Å². The van der Waals surface area contributed by atoms with Crippen LogP contribution < -0.4 is 5.32 Å². The minimum absolute atomic E-state index is 0. The molecule has 6 nitrogen and oxygen atoms in total.